The van der Waals surface area contributed by atoms with Gasteiger partial charge < -0.3 is 19.5 Å². The highest BCUT2D eigenvalue weighted by Gasteiger charge is 2.21. The number of nitrogens with one attached hydrogen (secondary N) is 1. The normalized spacial score (nSPS) is 13.5. The molecule has 1 aromatic carbocycles. The fourth-order valence-corrected chi connectivity index (χ4v) is 2.72. The molecule has 0 saturated heterocycles. The summed E-state index contributed by atoms with van der Waals surface area (Å²) in [5.74, 6) is -0.0598. The maximum Gasteiger partial charge on any atom is 0.407 e. The van der Waals surface area contributed by atoms with Gasteiger partial charge in [0, 0.05) is 6.54 Å². The zero-order valence-corrected chi connectivity index (χ0v) is 17.8. The maximum absolute atomic E-state index is 12.0. The molecule has 6 nitrogen and oxygen atoms in total. The number of rotatable bonds is 11. The second-order valence-electron chi connectivity index (χ2n) is 8.06. The Bertz CT molecular complexity index is 582. The highest BCUT2D eigenvalue weighted by Crippen LogP contribution is 2.13. The third kappa shape index (κ3) is 10.9. The molecule has 1 N–H and O–H groups in total. The summed E-state index contributed by atoms with van der Waals surface area (Å²) in [6.45, 7) is 8.56. The summed E-state index contributed by atoms with van der Waals surface area (Å²) in [6, 6.07) is 10.2. The number of carbonyl (C=O) groups excluding carboxylic acids is 2. The minimum absolute atomic E-state index is 0.295. The summed E-state index contributed by atoms with van der Waals surface area (Å²) in [7, 11) is 1.37. The van der Waals surface area contributed by atoms with E-state index in [0.29, 0.717) is 25.5 Å². The van der Waals surface area contributed by atoms with Gasteiger partial charge in [-0.25, -0.2) is 9.59 Å². The Hall–Kier alpha value is -2.08. The Morgan fingerprint density at radius 1 is 1.11 bits per heavy atom. The summed E-state index contributed by atoms with van der Waals surface area (Å²) in [6.07, 6.45) is 1.92. The average Bonchev–Trinajstić information content (AvgIpc) is 2.62. The van der Waals surface area contributed by atoms with E-state index < -0.39 is 17.8 Å². The number of amides is 1. The highest BCUT2D eigenvalue weighted by molar-refractivity contribution is 5.74. The van der Waals surface area contributed by atoms with Gasteiger partial charge in [0.2, 0.25) is 0 Å². The van der Waals surface area contributed by atoms with Crippen LogP contribution in [-0.2, 0) is 25.4 Å². The molecule has 0 aliphatic heterocycles. The Morgan fingerprint density at radius 3 is 2.39 bits per heavy atom. The Kier molecular flexibility index (Phi) is 10.6. The zero-order valence-electron chi connectivity index (χ0n) is 17.8. The fraction of sp³-hybridized carbons (Fsp3) is 0.636. The van der Waals surface area contributed by atoms with Gasteiger partial charge in [-0.15, -0.1) is 0 Å². The third-order valence-electron chi connectivity index (χ3n) is 4.03. The van der Waals surface area contributed by atoms with Crippen molar-refractivity contribution in [3.8, 4) is 0 Å². The van der Waals surface area contributed by atoms with Crippen LogP contribution in [0.25, 0.3) is 0 Å². The molecule has 1 aromatic rings. The fourth-order valence-electron chi connectivity index (χ4n) is 2.72. The third-order valence-corrected chi connectivity index (χ3v) is 4.03. The number of alkyl carbamates (subject to hydrolysis) is 1. The molecule has 158 valence electrons. The van der Waals surface area contributed by atoms with Crippen LogP contribution in [0.2, 0.25) is 0 Å². The quantitative estimate of drug-likeness (QED) is 0.452. The van der Waals surface area contributed by atoms with Crippen LogP contribution in [0.4, 0.5) is 4.79 Å². The van der Waals surface area contributed by atoms with Crippen molar-refractivity contribution in [3.63, 3.8) is 0 Å². The van der Waals surface area contributed by atoms with Gasteiger partial charge in [0.15, 0.2) is 6.10 Å². The van der Waals surface area contributed by atoms with Gasteiger partial charge in [0.25, 0.3) is 0 Å². The van der Waals surface area contributed by atoms with E-state index in [1.54, 1.807) is 0 Å². The van der Waals surface area contributed by atoms with E-state index in [1.165, 1.54) is 12.7 Å². The molecule has 0 aliphatic rings. The van der Waals surface area contributed by atoms with Crippen molar-refractivity contribution in [2.24, 2.45) is 5.92 Å². The molecule has 0 radical (unpaired) electrons. The first-order valence-corrected chi connectivity index (χ1v) is 9.91. The number of hydrogen-bond acceptors (Lipinski definition) is 5. The second kappa shape index (κ2) is 12.4. The van der Waals surface area contributed by atoms with Crippen LogP contribution in [0.5, 0.6) is 0 Å². The molecule has 6 heteroatoms. The lowest BCUT2D eigenvalue weighted by atomic mass is 10.0. The molecule has 2 atom stereocenters. The predicted molar refractivity (Wildman–Crippen MR) is 109 cm³/mol. The minimum atomic E-state index is -0.579. The van der Waals surface area contributed by atoms with Crippen molar-refractivity contribution in [2.75, 3.05) is 20.3 Å². The van der Waals surface area contributed by atoms with Gasteiger partial charge in [0.05, 0.1) is 13.7 Å². The molecule has 0 fully saturated rings. The highest BCUT2D eigenvalue weighted by atomic mass is 16.6. The van der Waals surface area contributed by atoms with Crippen LogP contribution < -0.4 is 5.32 Å². The zero-order chi connectivity index (χ0) is 21.0. The van der Waals surface area contributed by atoms with Crippen molar-refractivity contribution >= 4 is 12.1 Å². The first-order valence-electron chi connectivity index (χ1n) is 9.91. The standard InChI is InChI=1S/C22H35NO5/c1-17(15-18-11-7-6-8-12-18)16-27-19(20(24)26-5)13-9-10-14-23-21(25)28-22(2,3)4/h6-8,11-12,17,19H,9-10,13-16H2,1-5H3,(H,23,25). The molecular weight excluding hydrogens is 358 g/mol. The lowest BCUT2D eigenvalue weighted by molar-refractivity contribution is -0.155. The molecule has 0 heterocycles. The largest absolute Gasteiger partial charge is 0.467 e. The lowest BCUT2D eigenvalue weighted by Gasteiger charge is -2.20. The number of esters is 1. The number of hydrogen-bond donors (Lipinski definition) is 1. The molecule has 1 rings (SSSR count). The van der Waals surface area contributed by atoms with E-state index in [2.05, 4.69) is 24.4 Å². The smallest absolute Gasteiger partial charge is 0.407 e. The number of carbonyl (C=O) groups is 2. The predicted octanol–water partition coefficient (Wildman–Crippen LogP) is 4.12. The molecule has 0 spiro atoms. The number of unbranched alkanes of at least 4 members (excludes halogenated alkanes) is 1. The molecule has 1 amide bonds. The maximum atomic E-state index is 12.0. The van der Waals surface area contributed by atoms with E-state index in [0.717, 1.165) is 19.3 Å². The van der Waals surface area contributed by atoms with Crippen LogP contribution in [0.15, 0.2) is 30.3 Å². The van der Waals surface area contributed by atoms with E-state index in [1.807, 2.05) is 39.0 Å². The molecule has 0 saturated carbocycles. The number of benzene rings is 1. The summed E-state index contributed by atoms with van der Waals surface area (Å²) in [5.41, 5.74) is 0.742. The summed E-state index contributed by atoms with van der Waals surface area (Å²) in [5, 5.41) is 2.72. The van der Waals surface area contributed by atoms with Crippen LogP contribution in [0, 0.1) is 5.92 Å². The second-order valence-corrected chi connectivity index (χ2v) is 8.06. The minimum Gasteiger partial charge on any atom is -0.467 e. The van der Waals surface area contributed by atoms with E-state index >= 15 is 0 Å². The van der Waals surface area contributed by atoms with Gasteiger partial charge in [-0.05, 0) is 57.9 Å². The molecule has 0 bridgehead atoms. The van der Waals surface area contributed by atoms with Gasteiger partial charge in [-0.2, -0.15) is 0 Å². The summed E-state index contributed by atoms with van der Waals surface area (Å²) < 4.78 is 15.9. The van der Waals surface area contributed by atoms with Gasteiger partial charge in [0.1, 0.15) is 5.60 Å². The average molecular weight is 394 g/mol. The molecule has 28 heavy (non-hydrogen) atoms. The topological polar surface area (TPSA) is 73.9 Å². The first-order chi connectivity index (χ1) is 13.2. The van der Waals surface area contributed by atoms with Crippen molar-refractivity contribution in [1.29, 1.82) is 0 Å². The van der Waals surface area contributed by atoms with Crippen molar-refractivity contribution in [3.05, 3.63) is 35.9 Å². The summed E-state index contributed by atoms with van der Waals surface area (Å²) >= 11 is 0. The van der Waals surface area contributed by atoms with Crippen molar-refractivity contribution in [2.45, 2.75) is 65.1 Å². The molecular formula is C22H35NO5. The Labute approximate surface area is 168 Å². The van der Waals surface area contributed by atoms with E-state index in [9.17, 15) is 9.59 Å². The van der Waals surface area contributed by atoms with Gasteiger partial charge in [-0.3, -0.25) is 0 Å². The lowest BCUT2D eigenvalue weighted by Crippen LogP contribution is -2.33. The van der Waals surface area contributed by atoms with Crippen LogP contribution in [0.1, 0.15) is 52.5 Å². The van der Waals surface area contributed by atoms with E-state index in [4.69, 9.17) is 14.2 Å². The van der Waals surface area contributed by atoms with Crippen LogP contribution >= 0.6 is 0 Å². The molecule has 0 aliphatic carbocycles. The van der Waals surface area contributed by atoms with Crippen molar-refractivity contribution < 1.29 is 23.8 Å². The Balaban J connectivity index is 2.31. The van der Waals surface area contributed by atoms with Crippen LogP contribution in [-0.4, -0.2) is 44.0 Å². The number of ether oxygens (including phenoxy) is 3. The summed E-state index contributed by atoms with van der Waals surface area (Å²) in [4.78, 5) is 23.6. The number of methoxy groups -OCH3 is 1. The molecule has 2 unspecified atom stereocenters. The SMILES string of the molecule is COC(=O)C(CCCCNC(=O)OC(C)(C)C)OCC(C)Cc1ccccc1. The Morgan fingerprint density at radius 2 is 1.79 bits per heavy atom. The van der Waals surface area contributed by atoms with Gasteiger partial charge >= 0.3 is 12.1 Å². The van der Waals surface area contributed by atoms with Crippen LogP contribution in [0.3, 0.4) is 0 Å². The van der Waals surface area contributed by atoms with Crippen molar-refractivity contribution in [1.82, 2.24) is 5.32 Å². The first kappa shape index (κ1) is 24.0. The monoisotopic (exact) mass is 393 g/mol. The molecule has 0 aromatic heterocycles. The van der Waals surface area contributed by atoms with Gasteiger partial charge in [-0.1, -0.05) is 37.3 Å². The van der Waals surface area contributed by atoms with E-state index in [-0.39, 0.29) is 5.97 Å².